The molecule has 150 valence electrons. The first-order chi connectivity index (χ1) is 14.1. The van der Waals surface area contributed by atoms with Gasteiger partial charge in [-0.25, -0.2) is 4.98 Å². The Morgan fingerprint density at radius 3 is 2.76 bits per heavy atom. The van der Waals surface area contributed by atoms with Crippen molar-refractivity contribution < 1.29 is 9.53 Å². The number of piperidine rings is 1. The molecule has 4 heterocycles. The third kappa shape index (κ3) is 3.05. The summed E-state index contributed by atoms with van der Waals surface area (Å²) in [6, 6.07) is 2.39. The molecule has 3 aliphatic rings. The molecule has 0 radical (unpaired) electrons. The van der Waals surface area contributed by atoms with Crippen LogP contribution in [-0.2, 0) is 9.53 Å². The Balaban J connectivity index is 1.40. The molecule has 8 nitrogen and oxygen atoms in total. The van der Waals surface area contributed by atoms with Crippen molar-refractivity contribution in [1.29, 1.82) is 0 Å². The predicted molar refractivity (Wildman–Crippen MR) is 109 cm³/mol. The lowest BCUT2D eigenvalue weighted by atomic mass is 10.1. The summed E-state index contributed by atoms with van der Waals surface area (Å²) >= 11 is 0. The summed E-state index contributed by atoms with van der Waals surface area (Å²) in [4.78, 5) is 33.7. The zero-order chi connectivity index (χ0) is 20.1. The normalized spacial score (nSPS) is 27.3. The number of hydrogen-bond acceptors (Lipinski definition) is 7. The van der Waals surface area contributed by atoms with E-state index in [1.165, 1.54) is 6.20 Å². The summed E-state index contributed by atoms with van der Waals surface area (Å²) in [5.41, 5.74) is 1.48. The number of nitrogens with zero attached hydrogens (tertiary/aromatic N) is 6. The molecule has 1 unspecified atom stereocenters. The van der Waals surface area contributed by atoms with Crippen LogP contribution in [0.5, 0.6) is 0 Å². The van der Waals surface area contributed by atoms with Gasteiger partial charge in [0.15, 0.2) is 16.9 Å². The van der Waals surface area contributed by atoms with Crippen LogP contribution in [0, 0.1) is 24.3 Å². The predicted octanol–water partition coefficient (Wildman–Crippen LogP) is 2.81. The lowest BCUT2D eigenvalue weighted by molar-refractivity contribution is -0.143. The van der Waals surface area contributed by atoms with Crippen molar-refractivity contribution in [2.75, 3.05) is 36.0 Å². The zero-order valence-corrected chi connectivity index (χ0v) is 16.7. The maximum Gasteiger partial charge on any atom is 0.306 e. The Kier molecular flexibility index (Phi) is 4.26. The summed E-state index contributed by atoms with van der Waals surface area (Å²) in [6.07, 6.45) is 3.19. The number of aromatic nitrogens is 3. The fraction of sp³-hybridized carbons (Fsp3) is 0.571. The van der Waals surface area contributed by atoms with Crippen LogP contribution < -0.4 is 9.80 Å². The second kappa shape index (κ2) is 6.83. The quantitative estimate of drug-likeness (QED) is 0.572. The number of carbonyl (C=O) groups excluding carboxylic acids is 1. The summed E-state index contributed by atoms with van der Waals surface area (Å²) in [7, 11) is 0. The van der Waals surface area contributed by atoms with Crippen molar-refractivity contribution in [3.63, 3.8) is 0 Å². The first kappa shape index (κ1) is 18.1. The van der Waals surface area contributed by atoms with Gasteiger partial charge in [-0.1, -0.05) is 6.57 Å². The van der Waals surface area contributed by atoms with E-state index < -0.39 is 0 Å². The average Bonchev–Trinajstić information content (AvgIpc) is 3.13. The van der Waals surface area contributed by atoms with E-state index in [0.29, 0.717) is 42.6 Å². The second-order valence-corrected chi connectivity index (χ2v) is 8.25. The maximum absolute atomic E-state index is 11.8. The summed E-state index contributed by atoms with van der Waals surface area (Å²) in [6.45, 7) is 14.5. The molecule has 0 aromatic carbocycles. The lowest BCUT2D eigenvalue weighted by Crippen LogP contribution is -2.46. The molecule has 1 saturated carbocycles. The molecule has 2 saturated heterocycles. The Morgan fingerprint density at radius 2 is 2.14 bits per heavy atom. The Labute approximate surface area is 169 Å². The molecule has 0 bridgehead atoms. The average molecular weight is 392 g/mol. The fourth-order valence-corrected chi connectivity index (χ4v) is 4.78. The van der Waals surface area contributed by atoms with Crippen LogP contribution in [0.1, 0.15) is 26.7 Å². The molecule has 1 aliphatic carbocycles. The van der Waals surface area contributed by atoms with Crippen molar-refractivity contribution in [2.45, 2.75) is 32.7 Å². The standard InChI is InChI=1S/C21H24N6O2/c1-4-29-19(28)7-13-14-10-26(11-15(13)14)18-8-16-20(23-9-17(22-3)24-16)21(25-18)27-6-5-12(27)2/h8-9,12-15H,4-7,10-11H2,1-2H3/t12-,13?,14-,15+/m0/s1. The van der Waals surface area contributed by atoms with Gasteiger partial charge in [-0.15, -0.1) is 4.98 Å². The van der Waals surface area contributed by atoms with Gasteiger partial charge in [-0.3, -0.25) is 9.78 Å². The molecular formula is C21H24N6O2. The molecule has 2 aliphatic heterocycles. The minimum atomic E-state index is -0.0849. The summed E-state index contributed by atoms with van der Waals surface area (Å²) in [5, 5.41) is 0. The van der Waals surface area contributed by atoms with Crippen LogP contribution in [0.25, 0.3) is 15.9 Å². The molecule has 0 spiro atoms. The van der Waals surface area contributed by atoms with Crippen LogP contribution in [-0.4, -0.2) is 53.2 Å². The van der Waals surface area contributed by atoms with Gasteiger partial charge in [0.2, 0.25) is 0 Å². The lowest BCUT2D eigenvalue weighted by Gasteiger charge is -2.40. The smallest absolute Gasteiger partial charge is 0.306 e. The number of ether oxygens (including phenoxy) is 1. The number of esters is 1. The van der Waals surface area contributed by atoms with Crippen LogP contribution in [0.4, 0.5) is 17.5 Å². The number of pyridine rings is 1. The van der Waals surface area contributed by atoms with Crippen molar-refractivity contribution >= 4 is 34.5 Å². The van der Waals surface area contributed by atoms with E-state index in [2.05, 4.69) is 31.5 Å². The Morgan fingerprint density at radius 1 is 1.34 bits per heavy atom. The zero-order valence-electron chi connectivity index (χ0n) is 16.7. The number of carbonyl (C=O) groups is 1. The highest BCUT2D eigenvalue weighted by molar-refractivity contribution is 5.89. The van der Waals surface area contributed by atoms with Crippen molar-refractivity contribution in [3.05, 3.63) is 23.7 Å². The van der Waals surface area contributed by atoms with Crippen LogP contribution >= 0.6 is 0 Å². The number of anilines is 2. The van der Waals surface area contributed by atoms with Crippen molar-refractivity contribution in [1.82, 2.24) is 15.0 Å². The Hall–Kier alpha value is -2.95. The van der Waals surface area contributed by atoms with Gasteiger partial charge in [0.05, 0.1) is 12.8 Å². The molecule has 5 rings (SSSR count). The van der Waals surface area contributed by atoms with E-state index in [1.54, 1.807) is 0 Å². The van der Waals surface area contributed by atoms with E-state index >= 15 is 0 Å². The number of hydrogen-bond donors (Lipinski definition) is 0. The second-order valence-electron chi connectivity index (χ2n) is 8.25. The molecular weight excluding hydrogens is 368 g/mol. The molecule has 29 heavy (non-hydrogen) atoms. The van der Waals surface area contributed by atoms with Crippen LogP contribution in [0.3, 0.4) is 0 Å². The van der Waals surface area contributed by atoms with Gasteiger partial charge in [-0.05, 0) is 38.0 Å². The van der Waals surface area contributed by atoms with Gasteiger partial charge in [0, 0.05) is 38.2 Å². The molecule has 4 atom stereocenters. The maximum atomic E-state index is 11.8. The van der Waals surface area contributed by atoms with E-state index in [9.17, 15) is 4.79 Å². The minimum absolute atomic E-state index is 0.0849. The molecule has 0 N–H and O–H groups in total. The van der Waals surface area contributed by atoms with E-state index in [-0.39, 0.29) is 5.97 Å². The van der Waals surface area contributed by atoms with Gasteiger partial charge >= 0.3 is 5.97 Å². The van der Waals surface area contributed by atoms with E-state index in [4.69, 9.17) is 16.3 Å². The fourth-order valence-electron chi connectivity index (χ4n) is 4.78. The molecule has 2 aromatic heterocycles. The van der Waals surface area contributed by atoms with Gasteiger partial charge < -0.3 is 19.4 Å². The monoisotopic (exact) mass is 392 g/mol. The van der Waals surface area contributed by atoms with Crippen LogP contribution in [0.2, 0.25) is 0 Å². The first-order valence-electron chi connectivity index (χ1n) is 10.3. The third-order valence-corrected chi connectivity index (χ3v) is 6.59. The molecule has 2 aromatic rings. The third-order valence-electron chi connectivity index (χ3n) is 6.59. The molecule has 3 fully saturated rings. The number of rotatable bonds is 5. The van der Waals surface area contributed by atoms with Gasteiger partial charge in [-0.2, -0.15) is 0 Å². The Bertz CT molecular complexity index is 1010. The SMILES string of the molecule is [C-]#[N+]c1cnc2c(N3CC[C@@H]3C)nc(N3C[C@@H]4C(CC(=O)OCC)[C@@H]4C3)cc2n1. The van der Waals surface area contributed by atoms with Crippen LogP contribution in [0.15, 0.2) is 12.3 Å². The van der Waals surface area contributed by atoms with Gasteiger partial charge in [0.1, 0.15) is 5.82 Å². The highest BCUT2D eigenvalue weighted by atomic mass is 16.5. The summed E-state index contributed by atoms with van der Waals surface area (Å²) < 4.78 is 5.10. The van der Waals surface area contributed by atoms with Crippen molar-refractivity contribution in [3.8, 4) is 0 Å². The van der Waals surface area contributed by atoms with Crippen molar-refractivity contribution in [2.24, 2.45) is 17.8 Å². The van der Waals surface area contributed by atoms with E-state index in [0.717, 1.165) is 48.7 Å². The topological polar surface area (TPSA) is 75.8 Å². The highest BCUT2D eigenvalue weighted by Crippen LogP contribution is 2.54. The summed E-state index contributed by atoms with van der Waals surface area (Å²) in [5.74, 6) is 3.48. The molecule has 8 heteroatoms. The van der Waals surface area contributed by atoms with E-state index in [1.807, 2.05) is 13.0 Å². The van der Waals surface area contributed by atoms with Gasteiger partial charge in [0.25, 0.3) is 5.82 Å². The highest BCUT2D eigenvalue weighted by Gasteiger charge is 2.56. The minimum Gasteiger partial charge on any atom is -0.466 e. The first-order valence-corrected chi connectivity index (χ1v) is 10.3. The molecule has 0 amide bonds. The largest absolute Gasteiger partial charge is 0.466 e. The number of fused-ring (bicyclic) bond motifs is 2.